The van der Waals surface area contributed by atoms with Crippen LogP contribution in [-0.4, -0.2) is 37.0 Å². The number of hydrogen-bond donors (Lipinski definition) is 1. The number of ether oxygens (including phenoxy) is 3. The normalized spacial score (nSPS) is 10.4. The predicted molar refractivity (Wildman–Crippen MR) is 105 cm³/mol. The molecule has 0 unspecified atom stereocenters. The molecule has 28 heavy (non-hydrogen) atoms. The zero-order valence-corrected chi connectivity index (χ0v) is 16.1. The number of carbonyl (C=O) groups excluding carboxylic acids is 1. The molecule has 1 N–H and O–H groups in total. The van der Waals surface area contributed by atoms with Crippen LogP contribution in [0.25, 0.3) is 5.69 Å². The Morgan fingerprint density at radius 1 is 1.00 bits per heavy atom. The van der Waals surface area contributed by atoms with E-state index in [0.29, 0.717) is 23.8 Å². The fourth-order valence-corrected chi connectivity index (χ4v) is 2.85. The summed E-state index contributed by atoms with van der Waals surface area (Å²) < 4.78 is 17.7. The number of hydrogen-bond acceptors (Lipinski definition) is 5. The third-order valence-electron chi connectivity index (χ3n) is 4.28. The smallest absolute Gasteiger partial charge is 0.224 e. The summed E-state index contributed by atoms with van der Waals surface area (Å²) in [4.78, 5) is 12.4. The molecule has 0 saturated heterocycles. The van der Waals surface area contributed by atoms with Crippen LogP contribution in [0.15, 0.2) is 54.9 Å². The molecule has 7 nitrogen and oxygen atoms in total. The number of benzene rings is 2. The van der Waals surface area contributed by atoms with Crippen molar-refractivity contribution < 1.29 is 19.0 Å². The molecule has 0 aliphatic carbocycles. The SMILES string of the molecule is COc1cc(OC)c(OC)cc1CNC(=O)Cc1cnn(-c2ccccc2)c1. The molecule has 0 saturated carbocycles. The van der Waals surface area contributed by atoms with Crippen molar-refractivity contribution in [3.8, 4) is 22.9 Å². The molecule has 1 aromatic heterocycles. The van der Waals surface area contributed by atoms with E-state index in [1.165, 1.54) is 0 Å². The Hall–Kier alpha value is -3.48. The van der Waals surface area contributed by atoms with Crippen LogP contribution in [0.2, 0.25) is 0 Å². The molecule has 0 aliphatic heterocycles. The second-order valence-corrected chi connectivity index (χ2v) is 6.10. The lowest BCUT2D eigenvalue weighted by molar-refractivity contribution is -0.120. The molecule has 0 spiro atoms. The van der Waals surface area contributed by atoms with Crippen molar-refractivity contribution in [3.63, 3.8) is 0 Å². The Balaban J connectivity index is 1.64. The van der Waals surface area contributed by atoms with E-state index in [-0.39, 0.29) is 12.3 Å². The van der Waals surface area contributed by atoms with Gasteiger partial charge in [-0.05, 0) is 23.8 Å². The second-order valence-electron chi connectivity index (χ2n) is 6.10. The minimum atomic E-state index is -0.107. The van der Waals surface area contributed by atoms with Crippen LogP contribution in [0.4, 0.5) is 0 Å². The minimum absolute atomic E-state index is 0.107. The lowest BCUT2D eigenvalue weighted by atomic mass is 10.1. The summed E-state index contributed by atoms with van der Waals surface area (Å²) in [5, 5.41) is 7.22. The van der Waals surface area contributed by atoms with Gasteiger partial charge in [-0.1, -0.05) is 18.2 Å². The average molecular weight is 381 g/mol. The van der Waals surface area contributed by atoms with Gasteiger partial charge in [0.15, 0.2) is 11.5 Å². The molecule has 0 radical (unpaired) electrons. The average Bonchev–Trinajstić information content (AvgIpc) is 3.20. The summed E-state index contributed by atoms with van der Waals surface area (Å²) in [6.07, 6.45) is 3.79. The molecule has 0 bridgehead atoms. The van der Waals surface area contributed by atoms with Gasteiger partial charge in [-0.2, -0.15) is 5.10 Å². The molecule has 7 heteroatoms. The van der Waals surface area contributed by atoms with E-state index in [4.69, 9.17) is 14.2 Å². The van der Waals surface area contributed by atoms with Gasteiger partial charge >= 0.3 is 0 Å². The van der Waals surface area contributed by atoms with Crippen LogP contribution in [0, 0.1) is 0 Å². The quantitative estimate of drug-likeness (QED) is 0.649. The molecular formula is C21H23N3O4. The zero-order chi connectivity index (χ0) is 19.9. The molecule has 1 heterocycles. The summed E-state index contributed by atoms with van der Waals surface area (Å²) in [6.45, 7) is 0.315. The van der Waals surface area contributed by atoms with Gasteiger partial charge in [0, 0.05) is 24.4 Å². The van der Waals surface area contributed by atoms with Crippen molar-refractivity contribution >= 4 is 5.91 Å². The number of methoxy groups -OCH3 is 3. The van der Waals surface area contributed by atoms with E-state index in [1.807, 2.05) is 36.5 Å². The van der Waals surface area contributed by atoms with Gasteiger partial charge in [0.25, 0.3) is 0 Å². The van der Waals surface area contributed by atoms with Crippen molar-refractivity contribution in [1.29, 1.82) is 0 Å². The predicted octanol–water partition coefficient (Wildman–Crippen LogP) is 2.76. The molecule has 146 valence electrons. The van der Waals surface area contributed by atoms with Gasteiger partial charge in [-0.3, -0.25) is 4.79 Å². The van der Waals surface area contributed by atoms with Crippen LogP contribution in [0.3, 0.4) is 0 Å². The second kappa shape index (κ2) is 8.94. The van der Waals surface area contributed by atoms with Crippen LogP contribution in [0.5, 0.6) is 17.2 Å². The summed E-state index contributed by atoms with van der Waals surface area (Å²) in [5.74, 6) is 1.67. The highest BCUT2D eigenvalue weighted by Gasteiger charge is 2.13. The van der Waals surface area contributed by atoms with E-state index in [9.17, 15) is 4.79 Å². The van der Waals surface area contributed by atoms with Crippen LogP contribution in [-0.2, 0) is 17.8 Å². The lowest BCUT2D eigenvalue weighted by Crippen LogP contribution is -2.24. The van der Waals surface area contributed by atoms with Crippen molar-refractivity contribution in [2.75, 3.05) is 21.3 Å². The molecule has 3 rings (SSSR count). The van der Waals surface area contributed by atoms with Crippen LogP contribution in [0.1, 0.15) is 11.1 Å². The minimum Gasteiger partial charge on any atom is -0.496 e. The summed E-state index contributed by atoms with van der Waals surface area (Å²) in [7, 11) is 4.70. The van der Waals surface area contributed by atoms with Gasteiger partial charge < -0.3 is 19.5 Å². The topological polar surface area (TPSA) is 74.6 Å². The number of rotatable bonds is 8. The van der Waals surface area contributed by atoms with Gasteiger partial charge in [0.1, 0.15) is 5.75 Å². The van der Waals surface area contributed by atoms with E-state index in [2.05, 4.69) is 10.4 Å². The largest absolute Gasteiger partial charge is 0.496 e. The Kier molecular flexibility index (Phi) is 6.16. The van der Waals surface area contributed by atoms with E-state index >= 15 is 0 Å². The highest BCUT2D eigenvalue weighted by atomic mass is 16.5. The van der Waals surface area contributed by atoms with Gasteiger partial charge in [0.05, 0.1) is 39.6 Å². The van der Waals surface area contributed by atoms with Crippen LogP contribution < -0.4 is 19.5 Å². The Morgan fingerprint density at radius 3 is 2.36 bits per heavy atom. The highest BCUT2D eigenvalue weighted by molar-refractivity contribution is 5.78. The van der Waals surface area contributed by atoms with Gasteiger partial charge in [0.2, 0.25) is 5.91 Å². The lowest BCUT2D eigenvalue weighted by Gasteiger charge is -2.14. The highest BCUT2D eigenvalue weighted by Crippen LogP contribution is 2.34. The monoisotopic (exact) mass is 381 g/mol. The number of para-hydroxylation sites is 1. The first-order chi connectivity index (χ1) is 13.6. The number of amides is 1. The molecule has 2 aromatic carbocycles. The van der Waals surface area contributed by atoms with Gasteiger partial charge in [-0.25, -0.2) is 4.68 Å². The summed E-state index contributed by atoms with van der Waals surface area (Å²) >= 11 is 0. The summed E-state index contributed by atoms with van der Waals surface area (Å²) in [6, 6.07) is 13.3. The van der Waals surface area contributed by atoms with E-state index < -0.39 is 0 Å². The first kappa shape index (κ1) is 19.3. The number of nitrogens with one attached hydrogen (secondary N) is 1. The summed E-state index contributed by atoms with van der Waals surface area (Å²) in [5.41, 5.74) is 2.58. The maximum atomic E-state index is 12.4. The molecule has 3 aromatic rings. The van der Waals surface area contributed by atoms with Crippen molar-refractivity contribution in [2.45, 2.75) is 13.0 Å². The van der Waals surface area contributed by atoms with E-state index in [1.54, 1.807) is 44.3 Å². The molecular weight excluding hydrogens is 358 g/mol. The Labute approximate surface area is 163 Å². The third-order valence-corrected chi connectivity index (χ3v) is 4.28. The number of aromatic nitrogens is 2. The first-order valence-electron chi connectivity index (χ1n) is 8.79. The fourth-order valence-electron chi connectivity index (χ4n) is 2.85. The number of nitrogens with zero attached hydrogens (tertiary/aromatic N) is 2. The first-order valence-corrected chi connectivity index (χ1v) is 8.79. The molecule has 1 amide bonds. The molecule has 0 atom stereocenters. The van der Waals surface area contributed by atoms with Crippen molar-refractivity contribution in [2.24, 2.45) is 0 Å². The maximum Gasteiger partial charge on any atom is 0.224 e. The van der Waals surface area contributed by atoms with Crippen molar-refractivity contribution in [1.82, 2.24) is 15.1 Å². The zero-order valence-electron chi connectivity index (χ0n) is 16.1. The van der Waals surface area contributed by atoms with Crippen molar-refractivity contribution in [3.05, 3.63) is 66.0 Å². The Bertz CT molecular complexity index is 938. The van der Waals surface area contributed by atoms with E-state index in [0.717, 1.165) is 16.8 Å². The maximum absolute atomic E-state index is 12.4. The molecule has 0 aliphatic rings. The van der Waals surface area contributed by atoms with Crippen LogP contribution >= 0.6 is 0 Å². The number of carbonyl (C=O) groups is 1. The fraction of sp³-hybridized carbons (Fsp3) is 0.238. The third kappa shape index (κ3) is 4.43. The Morgan fingerprint density at radius 2 is 1.68 bits per heavy atom. The molecule has 0 fully saturated rings. The van der Waals surface area contributed by atoms with Gasteiger partial charge in [-0.15, -0.1) is 0 Å². The standard InChI is InChI=1S/C21H23N3O4/c1-26-18-11-20(28-3)19(27-2)10-16(18)13-22-21(25)9-15-12-23-24(14-15)17-7-5-4-6-8-17/h4-8,10-12,14H,9,13H2,1-3H3,(H,22,25).